The van der Waals surface area contributed by atoms with Crippen LogP contribution < -0.4 is 9.64 Å². The van der Waals surface area contributed by atoms with Crippen LogP contribution in [0.1, 0.15) is 10.4 Å². The molecule has 2 amide bonds. The summed E-state index contributed by atoms with van der Waals surface area (Å²) >= 11 is 0. The number of Topliss-reactive ketones (excluding diaryl/α,β-unsaturated/α-hetero) is 1. The number of methoxy groups -OCH3 is 1. The maximum Gasteiger partial charge on any atom is 0.240 e. The van der Waals surface area contributed by atoms with Crippen molar-refractivity contribution in [2.75, 3.05) is 12.0 Å². The van der Waals surface area contributed by atoms with Gasteiger partial charge in [0.2, 0.25) is 11.8 Å². The van der Waals surface area contributed by atoms with Crippen molar-refractivity contribution in [1.29, 1.82) is 0 Å². The molecule has 5 rings (SSSR count). The van der Waals surface area contributed by atoms with Gasteiger partial charge in [-0.1, -0.05) is 48.5 Å². The van der Waals surface area contributed by atoms with Crippen LogP contribution in [-0.2, 0) is 9.59 Å². The first-order valence-electron chi connectivity index (χ1n) is 9.72. The number of rotatable bonds is 4. The molecule has 0 bridgehead atoms. The molecule has 0 N–H and O–H groups in total. The first-order chi connectivity index (χ1) is 14.6. The lowest BCUT2D eigenvalue weighted by atomic mass is 9.86. The zero-order valence-corrected chi connectivity index (χ0v) is 16.2. The van der Waals surface area contributed by atoms with Crippen LogP contribution in [0.5, 0.6) is 5.75 Å². The molecule has 3 aliphatic heterocycles. The zero-order chi connectivity index (χ0) is 20.8. The van der Waals surface area contributed by atoms with Crippen molar-refractivity contribution in [2.24, 2.45) is 16.9 Å². The molecule has 0 spiro atoms. The molecule has 7 heteroatoms. The van der Waals surface area contributed by atoms with E-state index in [4.69, 9.17) is 4.74 Å². The minimum Gasteiger partial charge on any atom is -0.495 e. The Balaban J connectivity index is 1.60. The van der Waals surface area contributed by atoms with E-state index in [1.165, 1.54) is 12.0 Å². The van der Waals surface area contributed by atoms with Gasteiger partial charge >= 0.3 is 0 Å². The summed E-state index contributed by atoms with van der Waals surface area (Å²) in [5, 5.41) is 5.97. The summed E-state index contributed by atoms with van der Waals surface area (Å²) in [6, 6.07) is 14.4. The van der Waals surface area contributed by atoms with Crippen molar-refractivity contribution in [3.8, 4) is 5.75 Å². The molecule has 0 aromatic heterocycles. The fraction of sp³-hybridized carbons (Fsp3) is 0.217. The quantitative estimate of drug-likeness (QED) is 0.580. The third-order valence-corrected chi connectivity index (χ3v) is 5.94. The summed E-state index contributed by atoms with van der Waals surface area (Å²) < 4.78 is 5.37. The van der Waals surface area contributed by atoms with Crippen molar-refractivity contribution in [2.45, 2.75) is 12.1 Å². The van der Waals surface area contributed by atoms with Gasteiger partial charge in [0, 0.05) is 11.8 Å². The van der Waals surface area contributed by atoms with Gasteiger partial charge in [-0.05, 0) is 18.2 Å². The molecule has 3 heterocycles. The van der Waals surface area contributed by atoms with Crippen molar-refractivity contribution < 1.29 is 19.1 Å². The van der Waals surface area contributed by atoms with Gasteiger partial charge in [-0.3, -0.25) is 19.4 Å². The molecule has 0 radical (unpaired) electrons. The number of benzene rings is 2. The summed E-state index contributed by atoms with van der Waals surface area (Å²) in [6.45, 7) is 0. The van der Waals surface area contributed by atoms with Crippen LogP contribution in [0.4, 0.5) is 5.69 Å². The highest BCUT2D eigenvalue weighted by Crippen LogP contribution is 2.47. The summed E-state index contributed by atoms with van der Waals surface area (Å²) in [5.74, 6) is -2.03. The minimum absolute atomic E-state index is 0.219. The number of carbonyl (C=O) groups excluding carboxylic acids is 3. The summed E-state index contributed by atoms with van der Waals surface area (Å²) in [7, 11) is 1.49. The second-order valence-electron chi connectivity index (χ2n) is 7.43. The van der Waals surface area contributed by atoms with E-state index in [9.17, 15) is 14.4 Å². The lowest BCUT2D eigenvalue weighted by Crippen LogP contribution is -2.46. The Bertz CT molecular complexity index is 1090. The number of amides is 2. The van der Waals surface area contributed by atoms with E-state index in [1.807, 2.05) is 12.1 Å². The smallest absolute Gasteiger partial charge is 0.240 e. The average molecular weight is 401 g/mol. The lowest BCUT2D eigenvalue weighted by Gasteiger charge is -2.30. The van der Waals surface area contributed by atoms with Gasteiger partial charge in [0.05, 0.1) is 30.7 Å². The molecule has 4 atom stereocenters. The number of allylic oxidation sites excluding steroid dienone is 1. The Morgan fingerprint density at radius 3 is 2.43 bits per heavy atom. The number of fused-ring (bicyclic) bond motifs is 3. The molecule has 150 valence electrons. The van der Waals surface area contributed by atoms with Gasteiger partial charge < -0.3 is 4.74 Å². The zero-order valence-electron chi connectivity index (χ0n) is 16.2. The molecule has 2 aromatic rings. The second kappa shape index (κ2) is 6.95. The normalized spacial score (nSPS) is 26.7. The molecule has 2 fully saturated rings. The van der Waals surface area contributed by atoms with Gasteiger partial charge in [-0.15, -0.1) is 0 Å². The van der Waals surface area contributed by atoms with E-state index in [1.54, 1.807) is 65.8 Å². The van der Waals surface area contributed by atoms with Crippen molar-refractivity contribution >= 4 is 29.5 Å². The first-order valence-corrected chi connectivity index (χ1v) is 9.72. The molecular weight excluding hydrogens is 382 g/mol. The molecule has 0 aliphatic carbocycles. The highest BCUT2D eigenvalue weighted by molar-refractivity contribution is 6.25. The first kappa shape index (κ1) is 18.3. The summed E-state index contributed by atoms with van der Waals surface area (Å²) in [5.41, 5.74) is 0.882. The topological polar surface area (TPSA) is 79.3 Å². The summed E-state index contributed by atoms with van der Waals surface area (Å²) in [4.78, 5) is 41.6. The van der Waals surface area contributed by atoms with Gasteiger partial charge in [0.25, 0.3) is 0 Å². The lowest BCUT2D eigenvalue weighted by molar-refractivity contribution is -0.123. The number of hydrogen-bond donors (Lipinski definition) is 0. The monoisotopic (exact) mass is 401 g/mol. The number of nitrogens with zero attached hydrogens (tertiary/aromatic N) is 3. The maximum atomic E-state index is 13.6. The van der Waals surface area contributed by atoms with E-state index < -0.39 is 29.8 Å². The Labute approximate surface area is 173 Å². The number of hydrazone groups is 1. The number of ketones is 1. The fourth-order valence-corrected chi connectivity index (χ4v) is 4.66. The van der Waals surface area contributed by atoms with E-state index in [2.05, 4.69) is 5.10 Å². The number of anilines is 1. The number of ether oxygens (including phenoxy) is 1. The van der Waals surface area contributed by atoms with Crippen LogP contribution in [0.15, 0.2) is 71.9 Å². The molecular formula is C23H19N3O4. The second-order valence-corrected chi connectivity index (χ2v) is 7.43. The number of hydrogen-bond acceptors (Lipinski definition) is 6. The third-order valence-electron chi connectivity index (χ3n) is 5.94. The van der Waals surface area contributed by atoms with Gasteiger partial charge in [-0.2, -0.15) is 5.10 Å². The van der Waals surface area contributed by atoms with Crippen molar-refractivity contribution in [1.82, 2.24) is 5.01 Å². The maximum absolute atomic E-state index is 13.6. The van der Waals surface area contributed by atoms with E-state index in [0.717, 1.165) is 0 Å². The molecule has 2 saturated heterocycles. The molecule has 0 saturated carbocycles. The van der Waals surface area contributed by atoms with E-state index >= 15 is 0 Å². The fourth-order valence-electron chi connectivity index (χ4n) is 4.66. The van der Waals surface area contributed by atoms with Crippen LogP contribution in [0.2, 0.25) is 0 Å². The molecule has 7 nitrogen and oxygen atoms in total. The predicted octanol–water partition coefficient (Wildman–Crippen LogP) is 2.29. The van der Waals surface area contributed by atoms with Gasteiger partial charge in [0.15, 0.2) is 5.78 Å². The SMILES string of the molecule is COc1ccccc1N1C(=O)C2C(C1=O)C(C(=O)c1ccccc1)N1N=CC=CC21. The Kier molecular flexibility index (Phi) is 4.24. The highest BCUT2D eigenvalue weighted by Gasteiger charge is 2.64. The number of imide groups is 1. The highest BCUT2D eigenvalue weighted by atomic mass is 16.5. The van der Waals surface area contributed by atoms with Crippen LogP contribution in [0.25, 0.3) is 0 Å². The molecule has 2 aromatic carbocycles. The van der Waals surface area contributed by atoms with Crippen LogP contribution in [-0.4, -0.2) is 48.0 Å². The van der Waals surface area contributed by atoms with Crippen LogP contribution in [0.3, 0.4) is 0 Å². The average Bonchev–Trinajstić information content (AvgIpc) is 3.26. The van der Waals surface area contributed by atoms with Gasteiger partial charge in [-0.25, -0.2) is 4.90 Å². The molecule has 4 unspecified atom stereocenters. The van der Waals surface area contributed by atoms with E-state index in [-0.39, 0.29) is 11.7 Å². The third kappa shape index (κ3) is 2.51. The number of para-hydroxylation sites is 2. The summed E-state index contributed by atoms with van der Waals surface area (Å²) in [6.07, 6.45) is 5.16. The Morgan fingerprint density at radius 1 is 0.967 bits per heavy atom. The van der Waals surface area contributed by atoms with E-state index in [0.29, 0.717) is 17.0 Å². The van der Waals surface area contributed by atoms with Crippen molar-refractivity contribution in [3.05, 3.63) is 72.3 Å². The predicted molar refractivity (Wildman–Crippen MR) is 110 cm³/mol. The minimum atomic E-state index is -0.847. The Hall–Kier alpha value is -3.74. The Morgan fingerprint density at radius 2 is 1.67 bits per heavy atom. The number of carbonyl (C=O) groups is 3. The molecule has 30 heavy (non-hydrogen) atoms. The largest absolute Gasteiger partial charge is 0.495 e. The molecule has 3 aliphatic rings. The van der Waals surface area contributed by atoms with Crippen LogP contribution >= 0.6 is 0 Å². The van der Waals surface area contributed by atoms with Crippen LogP contribution in [0, 0.1) is 11.8 Å². The van der Waals surface area contributed by atoms with Gasteiger partial charge in [0.1, 0.15) is 11.8 Å². The van der Waals surface area contributed by atoms with Crippen molar-refractivity contribution in [3.63, 3.8) is 0 Å². The standard InChI is InChI=1S/C23H19N3O4/c1-30-17-12-6-5-10-15(17)25-22(28)18-16-11-7-13-24-26(16)20(19(18)23(25)29)21(27)14-8-3-2-4-9-14/h2-13,16,18-20H,1H3.